The van der Waals surface area contributed by atoms with Crippen LogP contribution in [0.5, 0.6) is 5.75 Å². The summed E-state index contributed by atoms with van der Waals surface area (Å²) in [6, 6.07) is 11.6. The molecule has 0 spiro atoms. The highest BCUT2D eigenvalue weighted by molar-refractivity contribution is 6.31. The first kappa shape index (κ1) is 20.5. The smallest absolute Gasteiger partial charge is 0.319 e. The number of amides is 3. The largest absolute Gasteiger partial charge is 0.494 e. The molecule has 8 heteroatoms. The van der Waals surface area contributed by atoms with Crippen molar-refractivity contribution >= 4 is 34.9 Å². The van der Waals surface area contributed by atoms with Gasteiger partial charge in [0, 0.05) is 36.2 Å². The summed E-state index contributed by atoms with van der Waals surface area (Å²) in [4.78, 5) is 23.4. The second kappa shape index (κ2) is 9.80. The number of benzene rings is 2. The van der Waals surface area contributed by atoms with E-state index < -0.39 is 6.03 Å². The zero-order valence-electron chi connectivity index (χ0n) is 15.1. The van der Waals surface area contributed by atoms with Crippen molar-refractivity contribution in [1.82, 2.24) is 5.32 Å². The third-order valence-corrected chi connectivity index (χ3v) is 4.19. The lowest BCUT2D eigenvalue weighted by Crippen LogP contribution is -2.33. The minimum Gasteiger partial charge on any atom is -0.494 e. The van der Waals surface area contributed by atoms with E-state index >= 15 is 0 Å². The summed E-state index contributed by atoms with van der Waals surface area (Å²) in [6.07, 6.45) is 0. The Bertz CT molecular complexity index is 813. The molecule has 2 rings (SSSR count). The van der Waals surface area contributed by atoms with Crippen molar-refractivity contribution in [2.45, 2.75) is 12.8 Å². The summed E-state index contributed by atoms with van der Waals surface area (Å²) in [5, 5.41) is 18.2. The van der Waals surface area contributed by atoms with Crippen LogP contribution in [0.25, 0.3) is 0 Å². The van der Waals surface area contributed by atoms with Crippen LogP contribution in [-0.2, 0) is 4.79 Å². The van der Waals surface area contributed by atoms with Gasteiger partial charge in [0.25, 0.3) is 0 Å². The monoisotopic (exact) mass is 391 g/mol. The molecule has 0 fully saturated rings. The first-order valence-electron chi connectivity index (χ1n) is 8.30. The van der Waals surface area contributed by atoms with E-state index in [2.05, 4.69) is 16.0 Å². The zero-order chi connectivity index (χ0) is 19.8. The Morgan fingerprint density at radius 2 is 1.93 bits per heavy atom. The Morgan fingerprint density at radius 1 is 1.19 bits per heavy atom. The average Bonchev–Trinajstić information content (AvgIpc) is 2.64. The van der Waals surface area contributed by atoms with Crippen LogP contribution in [-0.4, -0.2) is 37.3 Å². The number of hydrogen-bond donors (Lipinski definition) is 4. The van der Waals surface area contributed by atoms with Crippen molar-refractivity contribution in [3.63, 3.8) is 0 Å². The summed E-state index contributed by atoms with van der Waals surface area (Å²) >= 11 is 6.14. The van der Waals surface area contributed by atoms with Gasteiger partial charge in [-0.3, -0.25) is 4.79 Å². The molecular weight excluding hydrogens is 370 g/mol. The number of rotatable bonds is 7. The lowest BCUT2D eigenvalue weighted by atomic mass is 10.00. The molecule has 0 aliphatic rings. The molecule has 1 atom stereocenters. The molecule has 0 heterocycles. The van der Waals surface area contributed by atoms with Gasteiger partial charge in [-0.1, -0.05) is 29.8 Å². The van der Waals surface area contributed by atoms with E-state index in [0.717, 1.165) is 5.56 Å². The fourth-order valence-corrected chi connectivity index (χ4v) is 2.82. The zero-order valence-corrected chi connectivity index (χ0v) is 15.8. The third kappa shape index (κ3) is 5.87. The van der Waals surface area contributed by atoms with E-state index in [1.807, 2.05) is 12.1 Å². The third-order valence-electron chi connectivity index (χ3n) is 3.84. The molecule has 2 aromatic carbocycles. The topological polar surface area (TPSA) is 99.7 Å². The number of nitrogens with one attached hydrogen (secondary N) is 3. The molecule has 2 aromatic rings. The van der Waals surface area contributed by atoms with Crippen molar-refractivity contribution in [3.8, 4) is 5.75 Å². The van der Waals surface area contributed by atoms with Gasteiger partial charge in [0.15, 0.2) is 0 Å². The van der Waals surface area contributed by atoms with Gasteiger partial charge < -0.3 is 25.8 Å². The highest BCUT2D eigenvalue weighted by Gasteiger charge is 2.15. The fourth-order valence-electron chi connectivity index (χ4n) is 2.53. The number of urea groups is 1. The number of aliphatic hydroxyl groups is 1. The summed E-state index contributed by atoms with van der Waals surface area (Å²) in [5.41, 5.74) is 1.77. The molecule has 0 aliphatic heterocycles. The second-order valence-electron chi connectivity index (χ2n) is 5.83. The number of ether oxygens (including phenoxy) is 1. The Hall–Kier alpha value is -2.77. The number of hydrogen-bond acceptors (Lipinski definition) is 4. The van der Waals surface area contributed by atoms with Crippen molar-refractivity contribution < 1.29 is 19.4 Å². The van der Waals surface area contributed by atoms with Crippen LogP contribution in [0.3, 0.4) is 0 Å². The Morgan fingerprint density at radius 3 is 2.56 bits per heavy atom. The van der Waals surface area contributed by atoms with Crippen molar-refractivity contribution in [2.24, 2.45) is 0 Å². The molecular formula is C19H22ClN3O4. The fraction of sp³-hybridized carbons (Fsp3) is 0.263. The van der Waals surface area contributed by atoms with Gasteiger partial charge in [-0.15, -0.1) is 0 Å². The van der Waals surface area contributed by atoms with Gasteiger partial charge in [0.2, 0.25) is 5.91 Å². The van der Waals surface area contributed by atoms with Crippen molar-refractivity contribution in [2.75, 3.05) is 30.9 Å². The van der Waals surface area contributed by atoms with Gasteiger partial charge in [0.05, 0.1) is 19.4 Å². The Kier molecular flexibility index (Phi) is 7.45. The quantitative estimate of drug-likeness (QED) is 0.582. The van der Waals surface area contributed by atoms with E-state index in [1.54, 1.807) is 30.3 Å². The van der Waals surface area contributed by atoms with E-state index in [0.29, 0.717) is 22.1 Å². The van der Waals surface area contributed by atoms with Gasteiger partial charge in [-0.05, 0) is 23.8 Å². The molecule has 1 unspecified atom stereocenters. The SMILES string of the molecule is COc1cc(NC(=O)NCC(CO)c2ccccc2Cl)ccc1NC(C)=O. The first-order valence-corrected chi connectivity index (χ1v) is 8.68. The molecule has 0 aromatic heterocycles. The molecule has 0 saturated heterocycles. The molecule has 0 aliphatic carbocycles. The lowest BCUT2D eigenvalue weighted by molar-refractivity contribution is -0.114. The molecule has 0 bridgehead atoms. The number of carbonyl (C=O) groups excluding carboxylic acids is 2. The predicted octanol–water partition coefficient (Wildman–Crippen LogP) is 3.20. The molecule has 0 saturated carbocycles. The Balaban J connectivity index is 1.99. The maximum absolute atomic E-state index is 12.2. The molecule has 4 N–H and O–H groups in total. The number of anilines is 2. The number of halogens is 1. The normalized spacial score (nSPS) is 11.4. The van der Waals surface area contributed by atoms with Gasteiger partial charge in [-0.2, -0.15) is 0 Å². The van der Waals surface area contributed by atoms with E-state index in [4.69, 9.17) is 16.3 Å². The highest BCUT2D eigenvalue weighted by atomic mass is 35.5. The molecule has 0 radical (unpaired) electrons. The van der Waals surface area contributed by atoms with Gasteiger partial charge in [0.1, 0.15) is 5.75 Å². The van der Waals surface area contributed by atoms with Crippen LogP contribution < -0.4 is 20.7 Å². The van der Waals surface area contributed by atoms with Gasteiger partial charge >= 0.3 is 6.03 Å². The average molecular weight is 392 g/mol. The van der Waals surface area contributed by atoms with Crippen molar-refractivity contribution in [3.05, 3.63) is 53.1 Å². The Labute approximate surface area is 162 Å². The van der Waals surface area contributed by atoms with Crippen LogP contribution in [0, 0.1) is 0 Å². The molecule has 3 amide bonds. The standard InChI is InChI=1S/C19H22ClN3O4/c1-12(25)22-17-8-7-14(9-18(17)27-2)23-19(26)21-10-13(11-24)15-5-3-4-6-16(15)20/h3-9,13,24H,10-11H2,1-2H3,(H,22,25)(H2,21,23,26). The van der Waals surface area contributed by atoms with Gasteiger partial charge in [-0.25, -0.2) is 4.79 Å². The molecule has 27 heavy (non-hydrogen) atoms. The maximum Gasteiger partial charge on any atom is 0.319 e. The van der Waals surface area contributed by atoms with E-state index in [-0.39, 0.29) is 25.0 Å². The van der Waals surface area contributed by atoms with Crippen LogP contribution >= 0.6 is 11.6 Å². The van der Waals surface area contributed by atoms with Crippen LogP contribution in [0.1, 0.15) is 18.4 Å². The summed E-state index contributed by atoms with van der Waals surface area (Å²) < 4.78 is 5.22. The first-order chi connectivity index (χ1) is 12.9. The minimum absolute atomic E-state index is 0.150. The lowest BCUT2D eigenvalue weighted by Gasteiger charge is -2.17. The predicted molar refractivity (Wildman–Crippen MR) is 106 cm³/mol. The van der Waals surface area contributed by atoms with Crippen LogP contribution in [0.4, 0.5) is 16.2 Å². The van der Waals surface area contributed by atoms with Crippen LogP contribution in [0.15, 0.2) is 42.5 Å². The summed E-state index contributed by atoms with van der Waals surface area (Å²) in [7, 11) is 1.47. The number of carbonyl (C=O) groups is 2. The highest BCUT2D eigenvalue weighted by Crippen LogP contribution is 2.28. The van der Waals surface area contributed by atoms with Crippen molar-refractivity contribution in [1.29, 1.82) is 0 Å². The molecule has 144 valence electrons. The maximum atomic E-state index is 12.2. The van der Waals surface area contributed by atoms with Crippen LogP contribution in [0.2, 0.25) is 5.02 Å². The van der Waals surface area contributed by atoms with E-state index in [9.17, 15) is 14.7 Å². The minimum atomic E-state index is -0.435. The summed E-state index contributed by atoms with van der Waals surface area (Å²) in [5.74, 6) is -0.116. The second-order valence-corrected chi connectivity index (χ2v) is 6.24. The summed E-state index contributed by atoms with van der Waals surface area (Å²) in [6.45, 7) is 1.46. The number of methoxy groups -OCH3 is 1. The molecule has 7 nitrogen and oxygen atoms in total. The van der Waals surface area contributed by atoms with E-state index in [1.165, 1.54) is 14.0 Å². The number of aliphatic hydroxyl groups excluding tert-OH is 1.